The topological polar surface area (TPSA) is 71.6 Å². The van der Waals surface area contributed by atoms with Crippen LogP contribution >= 0.6 is 0 Å². The Morgan fingerprint density at radius 2 is 2.10 bits per heavy atom. The van der Waals surface area contributed by atoms with Gasteiger partial charge in [-0.05, 0) is 24.1 Å². The molecular formula is C15H21N3O3. The van der Waals surface area contributed by atoms with E-state index in [4.69, 9.17) is 9.47 Å². The second-order valence-corrected chi connectivity index (χ2v) is 5.23. The quantitative estimate of drug-likeness (QED) is 0.709. The Labute approximate surface area is 124 Å². The summed E-state index contributed by atoms with van der Waals surface area (Å²) in [5.41, 5.74) is 1.13. The lowest BCUT2D eigenvalue weighted by Crippen LogP contribution is -2.55. The maximum atomic E-state index is 12.0. The second kappa shape index (κ2) is 6.78. The van der Waals surface area contributed by atoms with Crippen molar-refractivity contribution in [2.45, 2.75) is 12.5 Å². The van der Waals surface area contributed by atoms with Crippen molar-refractivity contribution in [3.63, 3.8) is 0 Å². The van der Waals surface area contributed by atoms with Crippen LogP contribution in [-0.4, -0.2) is 51.3 Å². The zero-order chi connectivity index (χ0) is 14.5. The number of fused-ring (bicyclic) bond motifs is 1. The summed E-state index contributed by atoms with van der Waals surface area (Å²) in [6.45, 7) is 4.26. The number of piperazine rings is 1. The first-order valence-corrected chi connectivity index (χ1v) is 7.43. The van der Waals surface area contributed by atoms with Gasteiger partial charge in [0.15, 0.2) is 11.5 Å². The highest BCUT2D eigenvalue weighted by molar-refractivity contribution is 5.82. The maximum Gasteiger partial charge on any atom is 0.238 e. The number of hydrogen-bond acceptors (Lipinski definition) is 5. The first-order valence-electron chi connectivity index (χ1n) is 7.43. The lowest BCUT2D eigenvalue weighted by Gasteiger charge is -2.23. The van der Waals surface area contributed by atoms with Crippen LogP contribution in [0.4, 0.5) is 0 Å². The molecule has 0 saturated carbocycles. The molecule has 1 fully saturated rings. The molecule has 114 valence electrons. The van der Waals surface area contributed by atoms with Crippen LogP contribution in [0.5, 0.6) is 11.5 Å². The van der Waals surface area contributed by atoms with Gasteiger partial charge < -0.3 is 25.4 Å². The van der Waals surface area contributed by atoms with Crippen molar-refractivity contribution < 1.29 is 14.3 Å². The molecule has 1 saturated heterocycles. The molecule has 2 aliphatic heterocycles. The molecule has 2 heterocycles. The summed E-state index contributed by atoms with van der Waals surface area (Å²) in [5.74, 6) is 1.65. The Balaban J connectivity index is 1.47. The Morgan fingerprint density at radius 3 is 2.90 bits per heavy atom. The van der Waals surface area contributed by atoms with Crippen molar-refractivity contribution >= 4 is 5.91 Å². The third-order valence-electron chi connectivity index (χ3n) is 3.68. The number of carbonyl (C=O) groups is 1. The molecule has 6 heteroatoms. The van der Waals surface area contributed by atoms with Gasteiger partial charge in [0, 0.05) is 26.2 Å². The van der Waals surface area contributed by atoms with E-state index in [1.165, 1.54) is 0 Å². The Kier molecular flexibility index (Phi) is 4.57. The van der Waals surface area contributed by atoms with Gasteiger partial charge in [-0.2, -0.15) is 0 Å². The molecule has 1 aromatic carbocycles. The second-order valence-electron chi connectivity index (χ2n) is 5.23. The highest BCUT2D eigenvalue weighted by atomic mass is 16.6. The average Bonchev–Trinajstić information content (AvgIpc) is 2.55. The fourth-order valence-corrected chi connectivity index (χ4v) is 2.54. The molecule has 3 N–H and O–H groups in total. The van der Waals surface area contributed by atoms with Gasteiger partial charge in [-0.1, -0.05) is 6.07 Å². The summed E-state index contributed by atoms with van der Waals surface area (Å²) in [6.07, 6.45) is 0.780. The van der Waals surface area contributed by atoms with Crippen LogP contribution in [-0.2, 0) is 11.2 Å². The van der Waals surface area contributed by atoms with Gasteiger partial charge >= 0.3 is 0 Å². The molecule has 2 aliphatic rings. The van der Waals surface area contributed by atoms with Crippen LogP contribution < -0.4 is 25.4 Å². The van der Waals surface area contributed by atoms with E-state index >= 15 is 0 Å². The molecule has 1 aromatic rings. The number of hydrogen-bond donors (Lipinski definition) is 3. The molecule has 1 amide bonds. The molecule has 0 spiro atoms. The largest absolute Gasteiger partial charge is 0.486 e. The summed E-state index contributed by atoms with van der Waals surface area (Å²) >= 11 is 0. The average molecular weight is 291 g/mol. The van der Waals surface area contributed by atoms with Crippen molar-refractivity contribution in [1.82, 2.24) is 16.0 Å². The van der Waals surface area contributed by atoms with E-state index in [9.17, 15) is 4.79 Å². The van der Waals surface area contributed by atoms with Crippen molar-refractivity contribution in [3.05, 3.63) is 23.8 Å². The minimum Gasteiger partial charge on any atom is -0.486 e. The smallest absolute Gasteiger partial charge is 0.238 e. The zero-order valence-electron chi connectivity index (χ0n) is 12.0. The Bertz CT molecular complexity index is 501. The molecule has 1 unspecified atom stereocenters. The monoisotopic (exact) mass is 291 g/mol. The third-order valence-corrected chi connectivity index (χ3v) is 3.68. The summed E-state index contributed by atoms with van der Waals surface area (Å²) < 4.78 is 11.0. The van der Waals surface area contributed by atoms with Gasteiger partial charge in [0.25, 0.3) is 0 Å². The van der Waals surface area contributed by atoms with Crippen molar-refractivity contribution in [1.29, 1.82) is 0 Å². The highest BCUT2D eigenvalue weighted by Crippen LogP contribution is 2.30. The van der Waals surface area contributed by atoms with E-state index < -0.39 is 0 Å². The normalized spacial score (nSPS) is 20.9. The third kappa shape index (κ3) is 3.65. The van der Waals surface area contributed by atoms with Gasteiger partial charge in [0.05, 0.1) is 6.04 Å². The van der Waals surface area contributed by atoms with Crippen molar-refractivity contribution in [2.24, 2.45) is 0 Å². The molecule has 0 radical (unpaired) electrons. The van der Waals surface area contributed by atoms with Gasteiger partial charge in [-0.15, -0.1) is 0 Å². The molecule has 21 heavy (non-hydrogen) atoms. The molecule has 1 atom stereocenters. The standard InChI is InChI=1S/C15H21N3O3/c19-15(12-10-16-5-6-17-12)18-4-3-11-1-2-13-14(9-11)21-8-7-20-13/h1-2,9,12,16-17H,3-8,10H2,(H,18,19). The predicted molar refractivity (Wildman–Crippen MR) is 78.8 cm³/mol. The zero-order valence-corrected chi connectivity index (χ0v) is 12.0. The molecule has 0 bridgehead atoms. The number of nitrogens with one attached hydrogen (secondary N) is 3. The van der Waals surface area contributed by atoms with E-state index in [-0.39, 0.29) is 11.9 Å². The molecule has 3 rings (SSSR count). The Morgan fingerprint density at radius 1 is 1.24 bits per heavy atom. The predicted octanol–water partition coefficient (Wildman–Crippen LogP) is -0.322. The minimum absolute atomic E-state index is 0.0553. The van der Waals surface area contributed by atoms with Crippen LogP contribution in [0.25, 0.3) is 0 Å². The summed E-state index contributed by atoms with van der Waals surface area (Å²) in [7, 11) is 0. The lowest BCUT2D eigenvalue weighted by atomic mass is 10.1. The SMILES string of the molecule is O=C(NCCc1ccc2c(c1)OCCO2)C1CNCCN1. The summed E-state index contributed by atoms with van der Waals surface area (Å²) in [5, 5.41) is 9.37. The van der Waals surface area contributed by atoms with Crippen LogP contribution in [0.15, 0.2) is 18.2 Å². The fourth-order valence-electron chi connectivity index (χ4n) is 2.54. The lowest BCUT2D eigenvalue weighted by molar-refractivity contribution is -0.123. The van der Waals surface area contributed by atoms with E-state index in [2.05, 4.69) is 16.0 Å². The van der Waals surface area contributed by atoms with Crippen LogP contribution in [0.3, 0.4) is 0 Å². The van der Waals surface area contributed by atoms with Gasteiger partial charge in [0.2, 0.25) is 5.91 Å². The number of rotatable bonds is 4. The molecule has 0 aliphatic carbocycles. The van der Waals surface area contributed by atoms with E-state index in [0.717, 1.165) is 36.6 Å². The van der Waals surface area contributed by atoms with Crippen molar-refractivity contribution in [2.75, 3.05) is 39.4 Å². The van der Waals surface area contributed by atoms with Gasteiger partial charge in [-0.25, -0.2) is 0 Å². The maximum absolute atomic E-state index is 12.0. The molecular weight excluding hydrogens is 270 g/mol. The Hall–Kier alpha value is -1.79. The van der Waals surface area contributed by atoms with Crippen LogP contribution in [0.2, 0.25) is 0 Å². The van der Waals surface area contributed by atoms with Crippen LogP contribution in [0.1, 0.15) is 5.56 Å². The van der Waals surface area contributed by atoms with Crippen LogP contribution in [0, 0.1) is 0 Å². The van der Waals surface area contributed by atoms with Gasteiger partial charge in [-0.3, -0.25) is 4.79 Å². The fraction of sp³-hybridized carbons (Fsp3) is 0.533. The highest BCUT2D eigenvalue weighted by Gasteiger charge is 2.19. The molecule has 6 nitrogen and oxygen atoms in total. The first kappa shape index (κ1) is 14.2. The number of amides is 1. The number of benzene rings is 1. The molecule has 0 aromatic heterocycles. The van der Waals surface area contributed by atoms with E-state index in [1.54, 1.807) is 0 Å². The minimum atomic E-state index is -0.126. The number of carbonyl (C=O) groups excluding carboxylic acids is 1. The van der Waals surface area contributed by atoms with E-state index in [0.29, 0.717) is 26.3 Å². The number of ether oxygens (including phenoxy) is 2. The summed E-state index contributed by atoms with van der Waals surface area (Å²) in [6, 6.07) is 5.80. The van der Waals surface area contributed by atoms with Crippen molar-refractivity contribution in [3.8, 4) is 11.5 Å². The van der Waals surface area contributed by atoms with Gasteiger partial charge in [0.1, 0.15) is 13.2 Å². The van der Waals surface area contributed by atoms with E-state index in [1.807, 2.05) is 18.2 Å². The first-order chi connectivity index (χ1) is 10.3. The summed E-state index contributed by atoms with van der Waals surface area (Å²) in [4.78, 5) is 12.0.